The predicted octanol–water partition coefficient (Wildman–Crippen LogP) is 0.827. The van der Waals surface area contributed by atoms with Gasteiger partial charge in [-0.1, -0.05) is 0 Å². The van der Waals surface area contributed by atoms with Crippen molar-refractivity contribution in [1.82, 2.24) is 4.98 Å². The molecule has 110 valence electrons. The number of aromatic nitrogens is 1. The Balaban J connectivity index is 2.16. The second kappa shape index (κ2) is 6.01. The van der Waals surface area contributed by atoms with Crippen LogP contribution in [0.3, 0.4) is 0 Å². The Morgan fingerprint density at radius 3 is 2.95 bits per heavy atom. The van der Waals surface area contributed by atoms with E-state index in [-0.39, 0.29) is 23.6 Å². The molecule has 0 saturated carbocycles. The number of carbonyl (C=O) groups is 1. The number of pyridine rings is 1. The molecule has 0 bridgehead atoms. The summed E-state index contributed by atoms with van der Waals surface area (Å²) in [4.78, 5) is 25.1. The maximum atomic E-state index is 11.3. The van der Waals surface area contributed by atoms with Crippen LogP contribution in [0, 0.1) is 10.1 Å². The first-order chi connectivity index (χ1) is 9.99. The summed E-state index contributed by atoms with van der Waals surface area (Å²) in [6.07, 6.45) is 1.45. The summed E-state index contributed by atoms with van der Waals surface area (Å²) in [5, 5.41) is 23.2. The van der Waals surface area contributed by atoms with Crippen molar-refractivity contribution in [3.63, 3.8) is 0 Å². The average Bonchev–Trinajstić information content (AvgIpc) is 2.98. The lowest BCUT2D eigenvalue weighted by Gasteiger charge is -2.11. The molecule has 0 aliphatic heterocycles. The minimum Gasteiger partial charge on any atom is -0.467 e. The van der Waals surface area contributed by atoms with E-state index in [1.807, 2.05) is 0 Å². The normalized spacial score (nSPS) is 11.9. The highest BCUT2D eigenvalue weighted by Crippen LogP contribution is 2.20. The van der Waals surface area contributed by atoms with Crippen molar-refractivity contribution in [2.24, 2.45) is 5.73 Å². The van der Waals surface area contributed by atoms with Gasteiger partial charge in [-0.2, -0.15) is 0 Å². The van der Waals surface area contributed by atoms with Gasteiger partial charge in [0.1, 0.15) is 23.9 Å². The highest BCUT2D eigenvalue weighted by atomic mass is 16.6. The van der Waals surface area contributed by atoms with Crippen LogP contribution < -0.4 is 11.1 Å². The van der Waals surface area contributed by atoms with Crippen molar-refractivity contribution in [3.05, 3.63) is 52.1 Å². The quantitative estimate of drug-likeness (QED) is 0.528. The molecule has 2 rings (SSSR count). The van der Waals surface area contributed by atoms with Gasteiger partial charge in [0.15, 0.2) is 0 Å². The van der Waals surface area contributed by atoms with E-state index in [9.17, 15) is 20.0 Å². The number of nitrogens with one attached hydrogen (secondary N) is 1. The van der Waals surface area contributed by atoms with E-state index >= 15 is 0 Å². The second-order valence-corrected chi connectivity index (χ2v) is 4.12. The highest BCUT2D eigenvalue weighted by Gasteiger charge is 2.17. The van der Waals surface area contributed by atoms with Gasteiger partial charge in [0.05, 0.1) is 16.7 Å². The topological polar surface area (TPSA) is 145 Å². The number of nitrogens with two attached hydrogens (primary N) is 1. The minimum atomic E-state index is -0.960. The lowest BCUT2D eigenvalue weighted by atomic mass is 10.2. The van der Waals surface area contributed by atoms with Gasteiger partial charge in [0, 0.05) is 12.6 Å². The van der Waals surface area contributed by atoms with Crippen LogP contribution in [0.4, 0.5) is 11.5 Å². The fourth-order valence-corrected chi connectivity index (χ4v) is 1.66. The molecule has 0 aromatic carbocycles. The number of rotatable bonds is 6. The van der Waals surface area contributed by atoms with Gasteiger partial charge in [-0.25, -0.2) is 4.98 Å². The zero-order valence-corrected chi connectivity index (χ0v) is 10.7. The number of anilines is 1. The van der Waals surface area contributed by atoms with E-state index in [0.717, 1.165) is 12.3 Å². The van der Waals surface area contributed by atoms with Gasteiger partial charge in [-0.3, -0.25) is 14.9 Å². The van der Waals surface area contributed by atoms with E-state index in [1.165, 1.54) is 6.26 Å². The maximum absolute atomic E-state index is 11.3. The molecule has 1 unspecified atom stereocenters. The number of primary amides is 1. The van der Waals surface area contributed by atoms with Crippen molar-refractivity contribution in [2.75, 3.05) is 11.9 Å². The van der Waals surface area contributed by atoms with Crippen molar-refractivity contribution in [1.29, 1.82) is 0 Å². The SMILES string of the molecule is NC(=O)c1cc([N+](=O)[O-])cnc1NCC(O)c1ccco1. The van der Waals surface area contributed by atoms with Crippen molar-refractivity contribution < 1.29 is 19.2 Å². The van der Waals surface area contributed by atoms with Gasteiger partial charge >= 0.3 is 0 Å². The smallest absolute Gasteiger partial charge is 0.288 e. The second-order valence-electron chi connectivity index (χ2n) is 4.12. The minimum absolute atomic E-state index is 0.00138. The first-order valence-corrected chi connectivity index (χ1v) is 5.88. The van der Waals surface area contributed by atoms with Crippen LogP contribution in [-0.2, 0) is 0 Å². The van der Waals surface area contributed by atoms with Crippen LogP contribution in [0.5, 0.6) is 0 Å². The lowest BCUT2D eigenvalue weighted by molar-refractivity contribution is -0.385. The highest BCUT2D eigenvalue weighted by molar-refractivity contribution is 5.98. The summed E-state index contributed by atoms with van der Waals surface area (Å²) < 4.78 is 5.02. The number of furan rings is 1. The van der Waals surface area contributed by atoms with E-state index in [4.69, 9.17) is 10.2 Å². The van der Waals surface area contributed by atoms with Crippen molar-refractivity contribution in [3.8, 4) is 0 Å². The van der Waals surface area contributed by atoms with Crippen molar-refractivity contribution in [2.45, 2.75) is 6.10 Å². The van der Waals surface area contributed by atoms with E-state index in [0.29, 0.717) is 5.76 Å². The Morgan fingerprint density at radius 1 is 1.62 bits per heavy atom. The van der Waals surface area contributed by atoms with Crippen LogP contribution in [0.15, 0.2) is 35.1 Å². The summed E-state index contributed by atoms with van der Waals surface area (Å²) in [6.45, 7) is -0.00138. The third-order valence-electron chi connectivity index (χ3n) is 2.68. The first-order valence-electron chi connectivity index (χ1n) is 5.88. The summed E-state index contributed by atoms with van der Waals surface area (Å²) in [7, 11) is 0. The fraction of sp³-hybridized carbons (Fsp3) is 0.167. The molecule has 2 aromatic rings. The van der Waals surface area contributed by atoms with Crippen LogP contribution in [0.2, 0.25) is 0 Å². The lowest BCUT2D eigenvalue weighted by Crippen LogP contribution is -2.19. The number of amides is 1. The Labute approximate surface area is 118 Å². The summed E-state index contributed by atoms with van der Waals surface area (Å²) in [5.41, 5.74) is 4.69. The molecular weight excluding hydrogens is 280 g/mol. The third-order valence-corrected chi connectivity index (χ3v) is 2.68. The zero-order valence-electron chi connectivity index (χ0n) is 10.7. The first kappa shape index (κ1) is 14.5. The number of aliphatic hydroxyl groups excluding tert-OH is 1. The molecule has 0 aliphatic carbocycles. The largest absolute Gasteiger partial charge is 0.467 e. The van der Waals surface area contributed by atoms with Gasteiger partial charge in [0.25, 0.3) is 11.6 Å². The molecule has 2 heterocycles. The molecule has 21 heavy (non-hydrogen) atoms. The van der Waals surface area contributed by atoms with Gasteiger partial charge in [-0.15, -0.1) is 0 Å². The van der Waals surface area contributed by atoms with Gasteiger partial charge in [-0.05, 0) is 12.1 Å². The Bertz CT molecular complexity index is 656. The van der Waals surface area contributed by atoms with E-state index in [2.05, 4.69) is 10.3 Å². The molecule has 4 N–H and O–H groups in total. The molecular formula is C12H12N4O5. The number of aliphatic hydroxyl groups is 1. The van der Waals surface area contributed by atoms with Gasteiger partial charge in [0.2, 0.25) is 0 Å². The monoisotopic (exact) mass is 292 g/mol. The molecule has 0 spiro atoms. The number of nitro groups is 1. The Hall–Kier alpha value is -2.94. The number of nitrogens with zero attached hydrogens (tertiary/aromatic N) is 2. The number of hydrogen-bond acceptors (Lipinski definition) is 7. The maximum Gasteiger partial charge on any atom is 0.288 e. The summed E-state index contributed by atoms with van der Waals surface area (Å²) in [6, 6.07) is 4.24. The Morgan fingerprint density at radius 2 is 2.38 bits per heavy atom. The van der Waals surface area contributed by atoms with E-state index in [1.54, 1.807) is 12.1 Å². The van der Waals surface area contributed by atoms with Crippen LogP contribution in [0.1, 0.15) is 22.2 Å². The molecule has 0 aliphatic rings. The molecule has 0 saturated heterocycles. The molecule has 9 heteroatoms. The summed E-state index contributed by atoms with van der Waals surface area (Å²) in [5.74, 6) is -0.468. The molecule has 2 aromatic heterocycles. The number of hydrogen-bond donors (Lipinski definition) is 3. The molecule has 9 nitrogen and oxygen atoms in total. The summed E-state index contributed by atoms with van der Waals surface area (Å²) >= 11 is 0. The van der Waals surface area contributed by atoms with Crippen molar-refractivity contribution >= 4 is 17.4 Å². The molecule has 1 amide bonds. The standard InChI is InChI=1S/C12H12N4O5/c13-11(18)8-4-7(16(19)20)5-14-12(8)15-6-9(17)10-2-1-3-21-10/h1-5,9,17H,6H2,(H2,13,18)(H,14,15). The van der Waals surface area contributed by atoms with Gasteiger partial charge < -0.3 is 20.6 Å². The zero-order chi connectivity index (χ0) is 15.4. The average molecular weight is 292 g/mol. The predicted molar refractivity (Wildman–Crippen MR) is 71.6 cm³/mol. The third kappa shape index (κ3) is 3.34. The molecule has 0 radical (unpaired) electrons. The Kier molecular flexibility index (Phi) is 4.14. The van der Waals surface area contributed by atoms with Crippen LogP contribution in [-0.4, -0.2) is 27.5 Å². The molecule has 0 fully saturated rings. The van der Waals surface area contributed by atoms with Crippen LogP contribution in [0.25, 0.3) is 0 Å². The number of carbonyl (C=O) groups excluding carboxylic acids is 1. The van der Waals surface area contributed by atoms with E-state index < -0.39 is 16.9 Å². The molecule has 1 atom stereocenters. The fourth-order valence-electron chi connectivity index (χ4n) is 1.66. The van der Waals surface area contributed by atoms with Crippen LogP contribution >= 0.6 is 0 Å².